The molecule has 0 atom stereocenters. The summed E-state index contributed by atoms with van der Waals surface area (Å²) in [5, 5.41) is 4.86. The highest BCUT2D eigenvalue weighted by molar-refractivity contribution is 9.10. The SMILES string of the molecule is Clc1cc(-c2cnn(C3CC3)c2)c(Br)cn1. The van der Waals surface area contributed by atoms with Crippen LogP contribution in [0.2, 0.25) is 5.15 Å². The van der Waals surface area contributed by atoms with Crippen LogP contribution in [0.1, 0.15) is 18.9 Å². The zero-order valence-electron chi connectivity index (χ0n) is 8.40. The summed E-state index contributed by atoms with van der Waals surface area (Å²) < 4.78 is 2.96. The number of hydrogen-bond acceptors (Lipinski definition) is 2. The topological polar surface area (TPSA) is 30.7 Å². The molecule has 2 aromatic heterocycles. The average Bonchev–Trinajstić information content (AvgIpc) is 3.01. The summed E-state index contributed by atoms with van der Waals surface area (Å²) in [6.07, 6.45) is 8.12. The summed E-state index contributed by atoms with van der Waals surface area (Å²) in [5.74, 6) is 0. The predicted molar refractivity (Wildman–Crippen MR) is 66.4 cm³/mol. The van der Waals surface area contributed by atoms with Crippen molar-refractivity contribution >= 4 is 27.5 Å². The maximum Gasteiger partial charge on any atom is 0.129 e. The van der Waals surface area contributed by atoms with Crippen molar-refractivity contribution in [2.45, 2.75) is 18.9 Å². The van der Waals surface area contributed by atoms with Gasteiger partial charge in [-0.1, -0.05) is 11.6 Å². The lowest BCUT2D eigenvalue weighted by Gasteiger charge is -2.01. The number of rotatable bonds is 2. The van der Waals surface area contributed by atoms with Crippen molar-refractivity contribution in [2.24, 2.45) is 0 Å². The average molecular weight is 299 g/mol. The van der Waals surface area contributed by atoms with Gasteiger partial charge in [-0.2, -0.15) is 5.10 Å². The van der Waals surface area contributed by atoms with E-state index < -0.39 is 0 Å². The van der Waals surface area contributed by atoms with Crippen LogP contribution in [0, 0.1) is 0 Å². The normalized spacial score (nSPS) is 15.4. The molecule has 1 saturated carbocycles. The standard InChI is InChI=1S/C11H9BrClN3/c12-10-5-14-11(13)3-9(10)7-4-15-16(6-7)8-1-2-8/h3-6,8H,1-2H2. The molecule has 0 unspecified atom stereocenters. The Bertz CT molecular complexity index is 534. The molecule has 0 aliphatic heterocycles. The zero-order chi connectivity index (χ0) is 11.1. The smallest absolute Gasteiger partial charge is 0.129 e. The quantitative estimate of drug-likeness (QED) is 0.792. The summed E-state index contributed by atoms with van der Waals surface area (Å²) in [4.78, 5) is 4.01. The molecule has 0 saturated heterocycles. The van der Waals surface area contributed by atoms with Crippen LogP contribution in [-0.2, 0) is 0 Å². The second-order valence-electron chi connectivity index (χ2n) is 3.93. The van der Waals surface area contributed by atoms with Crippen molar-refractivity contribution in [3.05, 3.63) is 34.3 Å². The first kappa shape index (κ1) is 10.3. The molecule has 1 aliphatic rings. The molecule has 5 heteroatoms. The molecule has 3 rings (SSSR count). The molecule has 82 valence electrons. The lowest BCUT2D eigenvalue weighted by atomic mass is 10.1. The minimum absolute atomic E-state index is 0.498. The van der Waals surface area contributed by atoms with Crippen LogP contribution >= 0.6 is 27.5 Å². The Morgan fingerprint density at radius 1 is 1.38 bits per heavy atom. The Morgan fingerprint density at radius 2 is 2.19 bits per heavy atom. The number of aromatic nitrogens is 3. The van der Waals surface area contributed by atoms with Gasteiger partial charge in [0.1, 0.15) is 5.15 Å². The molecule has 3 nitrogen and oxygen atoms in total. The highest BCUT2D eigenvalue weighted by Gasteiger charge is 2.24. The van der Waals surface area contributed by atoms with E-state index in [2.05, 4.69) is 32.2 Å². The van der Waals surface area contributed by atoms with Crippen LogP contribution in [0.5, 0.6) is 0 Å². The number of hydrogen-bond donors (Lipinski definition) is 0. The van der Waals surface area contributed by atoms with Gasteiger partial charge in [-0.25, -0.2) is 4.98 Å². The second kappa shape index (κ2) is 3.86. The first-order valence-corrected chi connectivity index (χ1v) is 6.27. The number of halogens is 2. The van der Waals surface area contributed by atoms with Gasteiger partial charge in [-0.3, -0.25) is 4.68 Å². The predicted octanol–water partition coefficient (Wildman–Crippen LogP) is 3.70. The summed E-state index contributed by atoms with van der Waals surface area (Å²) in [6, 6.07) is 2.45. The van der Waals surface area contributed by atoms with E-state index in [1.165, 1.54) is 12.8 Å². The van der Waals surface area contributed by atoms with Gasteiger partial charge in [-0.05, 0) is 34.8 Å². The lowest BCUT2D eigenvalue weighted by molar-refractivity contribution is 0.642. The molecule has 0 spiro atoms. The molecule has 2 aromatic rings. The van der Waals surface area contributed by atoms with Gasteiger partial charge in [0.05, 0.1) is 12.2 Å². The first-order chi connectivity index (χ1) is 7.74. The fourth-order valence-electron chi connectivity index (χ4n) is 1.65. The van der Waals surface area contributed by atoms with E-state index in [9.17, 15) is 0 Å². The minimum atomic E-state index is 0.498. The van der Waals surface area contributed by atoms with Crippen LogP contribution in [0.15, 0.2) is 29.1 Å². The summed E-state index contributed by atoms with van der Waals surface area (Å²) in [6.45, 7) is 0. The van der Waals surface area contributed by atoms with E-state index in [-0.39, 0.29) is 0 Å². The minimum Gasteiger partial charge on any atom is -0.269 e. The summed E-state index contributed by atoms with van der Waals surface area (Å²) in [5.41, 5.74) is 2.11. The molecule has 16 heavy (non-hydrogen) atoms. The van der Waals surface area contributed by atoms with E-state index in [0.717, 1.165) is 15.6 Å². The summed E-state index contributed by atoms with van der Waals surface area (Å²) in [7, 11) is 0. The van der Waals surface area contributed by atoms with E-state index >= 15 is 0 Å². The first-order valence-electron chi connectivity index (χ1n) is 5.09. The van der Waals surface area contributed by atoms with Gasteiger partial charge >= 0.3 is 0 Å². The molecule has 0 amide bonds. The monoisotopic (exact) mass is 297 g/mol. The maximum atomic E-state index is 5.89. The number of nitrogens with zero attached hydrogens (tertiary/aromatic N) is 3. The molecule has 1 fully saturated rings. The van der Waals surface area contributed by atoms with Gasteiger partial charge in [-0.15, -0.1) is 0 Å². The third-order valence-corrected chi connectivity index (χ3v) is 3.49. The van der Waals surface area contributed by atoms with Gasteiger partial charge in [0.2, 0.25) is 0 Å². The van der Waals surface area contributed by atoms with Crippen molar-refractivity contribution in [3.8, 4) is 11.1 Å². The van der Waals surface area contributed by atoms with Gasteiger partial charge in [0.15, 0.2) is 0 Å². The van der Waals surface area contributed by atoms with E-state index in [1.54, 1.807) is 6.20 Å². The van der Waals surface area contributed by atoms with Crippen LogP contribution in [0.3, 0.4) is 0 Å². The molecular formula is C11H9BrClN3. The Balaban J connectivity index is 2.03. The van der Waals surface area contributed by atoms with Crippen molar-refractivity contribution in [1.82, 2.24) is 14.8 Å². The van der Waals surface area contributed by atoms with Crippen molar-refractivity contribution in [2.75, 3.05) is 0 Å². The molecule has 0 N–H and O–H groups in total. The molecule has 2 heterocycles. The van der Waals surface area contributed by atoms with Crippen LogP contribution in [0.4, 0.5) is 0 Å². The fraction of sp³-hybridized carbons (Fsp3) is 0.273. The molecule has 0 aromatic carbocycles. The molecule has 1 aliphatic carbocycles. The molecule has 0 radical (unpaired) electrons. The zero-order valence-corrected chi connectivity index (χ0v) is 10.7. The van der Waals surface area contributed by atoms with E-state index in [1.807, 2.05) is 16.9 Å². The fourth-order valence-corrected chi connectivity index (χ4v) is 2.25. The third-order valence-electron chi connectivity index (χ3n) is 2.66. The third kappa shape index (κ3) is 1.87. The van der Waals surface area contributed by atoms with Crippen LogP contribution in [0.25, 0.3) is 11.1 Å². The van der Waals surface area contributed by atoms with E-state index in [0.29, 0.717) is 11.2 Å². The largest absolute Gasteiger partial charge is 0.269 e. The Hall–Kier alpha value is -0.870. The maximum absolute atomic E-state index is 5.89. The van der Waals surface area contributed by atoms with E-state index in [4.69, 9.17) is 11.6 Å². The van der Waals surface area contributed by atoms with Crippen molar-refractivity contribution in [1.29, 1.82) is 0 Å². The Kier molecular flexibility index (Phi) is 2.48. The Labute approximate surface area is 107 Å². The second-order valence-corrected chi connectivity index (χ2v) is 5.17. The van der Waals surface area contributed by atoms with Gasteiger partial charge < -0.3 is 0 Å². The Morgan fingerprint density at radius 3 is 2.94 bits per heavy atom. The molecule has 0 bridgehead atoms. The molecular weight excluding hydrogens is 289 g/mol. The van der Waals surface area contributed by atoms with Crippen molar-refractivity contribution in [3.63, 3.8) is 0 Å². The summed E-state index contributed by atoms with van der Waals surface area (Å²) >= 11 is 9.36. The highest BCUT2D eigenvalue weighted by atomic mass is 79.9. The van der Waals surface area contributed by atoms with Gasteiger partial charge in [0.25, 0.3) is 0 Å². The van der Waals surface area contributed by atoms with Crippen molar-refractivity contribution < 1.29 is 0 Å². The van der Waals surface area contributed by atoms with Crippen LogP contribution < -0.4 is 0 Å². The lowest BCUT2D eigenvalue weighted by Crippen LogP contribution is -1.91. The highest BCUT2D eigenvalue weighted by Crippen LogP contribution is 2.36. The number of pyridine rings is 1. The van der Waals surface area contributed by atoms with Crippen LogP contribution in [-0.4, -0.2) is 14.8 Å². The van der Waals surface area contributed by atoms with Gasteiger partial charge in [0, 0.05) is 28.0 Å².